The van der Waals surface area contributed by atoms with Crippen LogP contribution in [-0.4, -0.2) is 13.3 Å². The fourth-order valence-corrected chi connectivity index (χ4v) is 0.677. The number of rotatable bonds is 1. The summed E-state index contributed by atoms with van der Waals surface area (Å²) in [6, 6.07) is 3.44. The van der Waals surface area contributed by atoms with Crippen molar-refractivity contribution >= 4 is 17.8 Å². The summed E-state index contributed by atoms with van der Waals surface area (Å²) < 4.78 is 4.94. The fourth-order valence-electron chi connectivity index (χ4n) is 0.525. The van der Waals surface area contributed by atoms with Gasteiger partial charge < -0.3 is 4.42 Å². The lowest BCUT2D eigenvalue weighted by molar-refractivity contribution is 0.562. The molecule has 0 bridgehead atoms. The molecule has 0 aromatic carbocycles. The minimum atomic E-state index is 0.393. The van der Waals surface area contributed by atoms with Crippen molar-refractivity contribution in [3.05, 3.63) is 23.1 Å². The Balaban J connectivity index is 2.85. The van der Waals surface area contributed by atoms with Gasteiger partial charge in [0, 0.05) is 7.05 Å². The van der Waals surface area contributed by atoms with E-state index in [0.717, 1.165) is 0 Å². The molecule has 48 valence electrons. The number of nitrogens with zero attached hydrogens (tertiary/aromatic N) is 1. The van der Waals surface area contributed by atoms with Crippen molar-refractivity contribution in [1.29, 1.82) is 0 Å². The summed E-state index contributed by atoms with van der Waals surface area (Å²) in [7, 11) is 1.68. The summed E-state index contributed by atoms with van der Waals surface area (Å²) in [5, 5.41) is 0.393. The third-order valence-electron chi connectivity index (χ3n) is 0.850. The van der Waals surface area contributed by atoms with Crippen molar-refractivity contribution in [2.24, 2.45) is 4.99 Å². The van der Waals surface area contributed by atoms with E-state index in [1.807, 2.05) is 0 Å². The zero-order valence-corrected chi connectivity index (χ0v) is 5.72. The average Bonchev–Trinajstić information content (AvgIpc) is 2.17. The molecule has 0 atom stereocenters. The van der Waals surface area contributed by atoms with E-state index in [4.69, 9.17) is 16.0 Å². The molecule has 0 aliphatic rings. The van der Waals surface area contributed by atoms with Gasteiger partial charge in [0.25, 0.3) is 0 Å². The molecule has 1 aromatic rings. The molecule has 9 heavy (non-hydrogen) atoms. The minimum Gasteiger partial charge on any atom is -0.444 e. The Morgan fingerprint density at radius 1 is 1.67 bits per heavy atom. The van der Waals surface area contributed by atoms with Gasteiger partial charge in [-0.2, -0.15) is 0 Å². The van der Waals surface area contributed by atoms with Gasteiger partial charge >= 0.3 is 0 Å². The summed E-state index contributed by atoms with van der Waals surface area (Å²) >= 11 is 5.47. The molecule has 0 radical (unpaired) electrons. The van der Waals surface area contributed by atoms with E-state index in [0.29, 0.717) is 11.0 Å². The Hall–Kier alpha value is -0.760. The van der Waals surface area contributed by atoms with Gasteiger partial charge in [-0.25, -0.2) is 0 Å². The van der Waals surface area contributed by atoms with Crippen LogP contribution < -0.4 is 0 Å². The van der Waals surface area contributed by atoms with E-state index in [9.17, 15) is 0 Å². The molecule has 0 spiro atoms. The molecular weight excluding hydrogens is 138 g/mol. The standard InChI is InChI=1S/C6H6ClNO/c1-8-4-5-2-3-6(7)9-5/h2-4H,1H3. The normalized spacial score (nSPS) is 10.9. The van der Waals surface area contributed by atoms with Crippen LogP contribution in [0.2, 0.25) is 5.22 Å². The van der Waals surface area contributed by atoms with Crippen LogP contribution in [0.4, 0.5) is 0 Å². The molecule has 1 rings (SSSR count). The Labute approximate surface area is 58.2 Å². The van der Waals surface area contributed by atoms with Crippen LogP contribution in [-0.2, 0) is 0 Å². The lowest BCUT2D eigenvalue weighted by Crippen LogP contribution is -1.70. The number of halogens is 1. The third-order valence-corrected chi connectivity index (χ3v) is 1.05. The molecule has 0 unspecified atom stereocenters. The maximum atomic E-state index is 5.47. The molecule has 0 N–H and O–H groups in total. The van der Waals surface area contributed by atoms with E-state index in [1.54, 1.807) is 25.4 Å². The second-order valence-corrected chi connectivity index (χ2v) is 1.90. The Kier molecular flexibility index (Phi) is 1.90. The SMILES string of the molecule is CN=Cc1ccc(Cl)o1. The van der Waals surface area contributed by atoms with Gasteiger partial charge in [-0.1, -0.05) is 0 Å². The first-order chi connectivity index (χ1) is 4.33. The molecule has 1 heterocycles. The molecular formula is C6H6ClNO. The zero-order chi connectivity index (χ0) is 6.69. The quantitative estimate of drug-likeness (QED) is 0.552. The minimum absolute atomic E-state index is 0.393. The molecule has 0 amide bonds. The highest BCUT2D eigenvalue weighted by Crippen LogP contribution is 2.10. The first kappa shape index (κ1) is 6.36. The summed E-state index contributed by atoms with van der Waals surface area (Å²) in [4.78, 5) is 3.74. The highest BCUT2D eigenvalue weighted by Gasteiger charge is 1.92. The van der Waals surface area contributed by atoms with E-state index in [1.165, 1.54) is 0 Å². The summed E-state index contributed by atoms with van der Waals surface area (Å²) in [6.07, 6.45) is 1.60. The number of hydrogen-bond donors (Lipinski definition) is 0. The van der Waals surface area contributed by atoms with Crippen LogP contribution in [0.1, 0.15) is 5.76 Å². The van der Waals surface area contributed by atoms with Crippen LogP contribution in [0.5, 0.6) is 0 Å². The summed E-state index contributed by atoms with van der Waals surface area (Å²) in [6.45, 7) is 0. The van der Waals surface area contributed by atoms with Crippen LogP contribution in [0.25, 0.3) is 0 Å². The van der Waals surface area contributed by atoms with Crippen molar-refractivity contribution < 1.29 is 4.42 Å². The van der Waals surface area contributed by atoms with Crippen LogP contribution in [0.15, 0.2) is 21.5 Å². The van der Waals surface area contributed by atoms with Crippen LogP contribution >= 0.6 is 11.6 Å². The predicted molar refractivity (Wildman–Crippen MR) is 37.2 cm³/mol. The van der Waals surface area contributed by atoms with Crippen LogP contribution in [0.3, 0.4) is 0 Å². The summed E-state index contributed by atoms with van der Waals surface area (Å²) in [5.74, 6) is 0.683. The topological polar surface area (TPSA) is 25.5 Å². The van der Waals surface area contributed by atoms with Crippen molar-refractivity contribution in [2.45, 2.75) is 0 Å². The van der Waals surface area contributed by atoms with E-state index in [-0.39, 0.29) is 0 Å². The molecule has 0 aliphatic carbocycles. The zero-order valence-electron chi connectivity index (χ0n) is 4.97. The van der Waals surface area contributed by atoms with Crippen molar-refractivity contribution in [2.75, 3.05) is 7.05 Å². The molecule has 0 saturated carbocycles. The number of furan rings is 1. The van der Waals surface area contributed by atoms with Gasteiger partial charge in [0.15, 0.2) is 5.22 Å². The highest BCUT2D eigenvalue weighted by atomic mass is 35.5. The molecule has 1 aromatic heterocycles. The fraction of sp³-hybridized carbons (Fsp3) is 0.167. The van der Waals surface area contributed by atoms with Crippen molar-refractivity contribution in [3.8, 4) is 0 Å². The largest absolute Gasteiger partial charge is 0.444 e. The maximum absolute atomic E-state index is 5.47. The Bertz CT molecular complexity index is 217. The van der Waals surface area contributed by atoms with Crippen LogP contribution in [0, 0.1) is 0 Å². The van der Waals surface area contributed by atoms with Gasteiger partial charge in [0.1, 0.15) is 5.76 Å². The van der Waals surface area contributed by atoms with E-state index >= 15 is 0 Å². The average molecular weight is 144 g/mol. The molecule has 0 aliphatic heterocycles. The first-order valence-electron chi connectivity index (χ1n) is 2.50. The van der Waals surface area contributed by atoms with Gasteiger partial charge in [-0.3, -0.25) is 4.99 Å². The second-order valence-electron chi connectivity index (χ2n) is 1.53. The Morgan fingerprint density at radius 2 is 2.44 bits per heavy atom. The number of aliphatic imine (C=N–C) groups is 1. The monoisotopic (exact) mass is 143 g/mol. The summed E-state index contributed by atoms with van der Waals surface area (Å²) in [5.41, 5.74) is 0. The number of hydrogen-bond acceptors (Lipinski definition) is 2. The molecule has 0 fully saturated rings. The highest BCUT2D eigenvalue weighted by molar-refractivity contribution is 6.28. The van der Waals surface area contributed by atoms with Gasteiger partial charge in [-0.15, -0.1) is 0 Å². The molecule has 0 saturated heterocycles. The van der Waals surface area contributed by atoms with E-state index < -0.39 is 0 Å². The van der Waals surface area contributed by atoms with Crippen molar-refractivity contribution in [1.82, 2.24) is 0 Å². The van der Waals surface area contributed by atoms with E-state index in [2.05, 4.69) is 4.99 Å². The van der Waals surface area contributed by atoms with Gasteiger partial charge in [-0.05, 0) is 23.7 Å². The van der Waals surface area contributed by atoms with Gasteiger partial charge in [0.05, 0.1) is 6.21 Å². The third kappa shape index (κ3) is 1.57. The first-order valence-corrected chi connectivity index (χ1v) is 2.88. The maximum Gasteiger partial charge on any atom is 0.193 e. The lowest BCUT2D eigenvalue weighted by Gasteiger charge is -1.78. The molecule has 2 nitrogen and oxygen atoms in total. The predicted octanol–water partition coefficient (Wildman–Crippen LogP) is 1.98. The van der Waals surface area contributed by atoms with Gasteiger partial charge in [0.2, 0.25) is 0 Å². The molecule has 3 heteroatoms. The van der Waals surface area contributed by atoms with Crippen molar-refractivity contribution in [3.63, 3.8) is 0 Å². The smallest absolute Gasteiger partial charge is 0.193 e. The lowest BCUT2D eigenvalue weighted by atomic mass is 10.5. The Morgan fingerprint density at radius 3 is 2.89 bits per heavy atom. The second kappa shape index (κ2) is 2.69.